The van der Waals surface area contributed by atoms with Crippen LogP contribution in [-0.2, 0) is 0 Å². The first kappa shape index (κ1) is 8.29. The van der Waals surface area contributed by atoms with Crippen LogP contribution in [0.1, 0.15) is 5.76 Å². The van der Waals surface area contributed by atoms with Gasteiger partial charge in [-0.25, -0.2) is 4.98 Å². The number of rotatable bonds is 1. The summed E-state index contributed by atoms with van der Waals surface area (Å²) >= 11 is 0. The van der Waals surface area contributed by atoms with Gasteiger partial charge in [-0.15, -0.1) is 0 Å². The van der Waals surface area contributed by atoms with Crippen LogP contribution >= 0.6 is 0 Å². The molecule has 0 aliphatic heterocycles. The number of aromatic nitrogens is 2. The largest absolute Gasteiger partial charge is 0.458 e. The maximum Gasteiger partial charge on any atom is 0.180 e. The zero-order valence-corrected chi connectivity index (χ0v) is 8.34. The molecule has 0 unspecified atom stereocenters. The van der Waals surface area contributed by atoms with E-state index in [0.717, 1.165) is 22.9 Å². The summed E-state index contributed by atoms with van der Waals surface area (Å²) < 4.78 is 7.56. The van der Waals surface area contributed by atoms with Crippen LogP contribution in [0, 0.1) is 6.92 Å². The second-order valence-electron chi connectivity index (χ2n) is 3.49. The van der Waals surface area contributed by atoms with Crippen LogP contribution in [0.25, 0.3) is 17.1 Å². The standard InChI is InChI=1S/C12H10N2O/c1-9-5-6-11(15-9)12-13-8-10-4-2-3-7-14(10)12/h2-8H,1H3. The Morgan fingerprint density at radius 2 is 2.13 bits per heavy atom. The van der Waals surface area contributed by atoms with Crippen LogP contribution in [0.5, 0.6) is 0 Å². The van der Waals surface area contributed by atoms with Gasteiger partial charge in [0.15, 0.2) is 11.6 Å². The van der Waals surface area contributed by atoms with E-state index in [1.54, 1.807) is 0 Å². The monoisotopic (exact) mass is 198 g/mol. The Balaban J connectivity index is 2.27. The lowest BCUT2D eigenvalue weighted by Gasteiger charge is -1.96. The molecule has 0 saturated carbocycles. The van der Waals surface area contributed by atoms with Crippen LogP contribution in [0.15, 0.2) is 47.1 Å². The summed E-state index contributed by atoms with van der Waals surface area (Å²) in [7, 11) is 0. The highest BCUT2D eigenvalue weighted by Gasteiger charge is 2.08. The summed E-state index contributed by atoms with van der Waals surface area (Å²) in [5.41, 5.74) is 1.07. The zero-order chi connectivity index (χ0) is 10.3. The van der Waals surface area contributed by atoms with E-state index >= 15 is 0 Å². The van der Waals surface area contributed by atoms with E-state index in [1.165, 1.54) is 0 Å². The van der Waals surface area contributed by atoms with Crippen molar-refractivity contribution in [3.63, 3.8) is 0 Å². The molecular weight excluding hydrogens is 188 g/mol. The molecule has 3 heteroatoms. The molecule has 3 rings (SSSR count). The van der Waals surface area contributed by atoms with Crippen molar-refractivity contribution in [3.8, 4) is 11.6 Å². The lowest BCUT2D eigenvalue weighted by molar-refractivity contribution is 0.544. The number of nitrogens with zero attached hydrogens (tertiary/aromatic N) is 2. The number of hydrogen-bond acceptors (Lipinski definition) is 2. The third-order valence-corrected chi connectivity index (χ3v) is 2.40. The molecule has 0 radical (unpaired) electrons. The van der Waals surface area contributed by atoms with Crippen molar-refractivity contribution in [1.82, 2.24) is 9.38 Å². The minimum atomic E-state index is 0.804. The van der Waals surface area contributed by atoms with Crippen molar-refractivity contribution in [2.75, 3.05) is 0 Å². The van der Waals surface area contributed by atoms with Crippen LogP contribution in [0.3, 0.4) is 0 Å². The molecule has 15 heavy (non-hydrogen) atoms. The maximum atomic E-state index is 5.55. The van der Waals surface area contributed by atoms with Gasteiger partial charge in [-0.3, -0.25) is 4.40 Å². The van der Waals surface area contributed by atoms with E-state index < -0.39 is 0 Å². The number of fused-ring (bicyclic) bond motifs is 1. The van der Waals surface area contributed by atoms with Crippen molar-refractivity contribution in [1.29, 1.82) is 0 Å². The number of pyridine rings is 1. The van der Waals surface area contributed by atoms with Crippen LogP contribution < -0.4 is 0 Å². The predicted octanol–water partition coefficient (Wildman–Crippen LogP) is 2.90. The third-order valence-electron chi connectivity index (χ3n) is 2.40. The summed E-state index contributed by atoms with van der Waals surface area (Å²) in [5.74, 6) is 2.55. The Bertz CT molecular complexity index is 607. The molecule has 0 aliphatic rings. The van der Waals surface area contributed by atoms with Crippen LogP contribution in [0.4, 0.5) is 0 Å². The lowest BCUT2D eigenvalue weighted by atomic mass is 10.4. The molecule has 0 bridgehead atoms. The summed E-state index contributed by atoms with van der Waals surface area (Å²) in [4.78, 5) is 4.35. The number of aryl methyl sites for hydroxylation is 1. The summed E-state index contributed by atoms with van der Waals surface area (Å²) in [6.07, 6.45) is 3.82. The summed E-state index contributed by atoms with van der Waals surface area (Å²) in [6.45, 7) is 1.93. The highest BCUT2D eigenvalue weighted by atomic mass is 16.3. The Morgan fingerprint density at radius 3 is 2.93 bits per heavy atom. The molecular formula is C12H10N2O. The molecule has 3 nitrogen and oxygen atoms in total. The average Bonchev–Trinajstić information content (AvgIpc) is 2.83. The second-order valence-corrected chi connectivity index (χ2v) is 3.49. The van der Waals surface area contributed by atoms with Crippen molar-refractivity contribution in [3.05, 3.63) is 48.5 Å². The van der Waals surface area contributed by atoms with Gasteiger partial charge in [0.2, 0.25) is 0 Å². The molecule has 0 fully saturated rings. The van der Waals surface area contributed by atoms with Gasteiger partial charge >= 0.3 is 0 Å². The van der Waals surface area contributed by atoms with E-state index in [9.17, 15) is 0 Å². The Labute approximate surface area is 87.0 Å². The topological polar surface area (TPSA) is 30.4 Å². The molecule has 0 aromatic carbocycles. The molecule has 0 amide bonds. The molecule has 3 aromatic heterocycles. The number of furan rings is 1. The molecule has 3 heterocycles. The fourth-order valence-electron chi connectivity index (χ4n) is 1.68. The van der Waals surface area contributed by atoms with Crippen molar-refractivity contribution < 1.29 is 4.42 Å². The van der Waals surface area contributed by atoms with Gasteiger partial charge in [-0.05, 0) is 31.2 Å². The highest BCUT2D eigenvalue weighted by molar-refractivity contribution is 5.57. The minimum absolute atomic E-state index is 0.804. The maximum absolute atomic E-state index is 5.55. The molecule has 0 N–H and O–H groups in total. The second kappa shape index (κ2) is 2.98. The van der Waals surface area contributed by atoms with Gasteiger partial charge in [0.25, 0.3) is 0 Å². The number of imidazole rings is 1. The first-order valence-electron chi connectivity index (χ1n) is 4.83. The van der Waals surface area contributed by atoms with E-state index in [0.29, 0.717) is 0 Å². The first-order chi connectivity index (χ1) is 7.34. The zero-order valence-electron chi connectivity index (χ0n) is 8.34. The van der Waals surface area contributed by atoms with Gasteiger partial charge in [-0.2, -0.15) is 0 Å². The quantitative estimate of drug-likeness (QED) is 0.601. The van der Waals surface area contributed by atoms with E-state index in [1.807, 2.05) is 54.0 Å². The van der Waals surface area contributed by atoms with Crippen molar-refractivity contribution in [2.24, 2.45) is 0 Å². The van der Waals surface area contributed by atoms with Crippen molar-refractivity contribution in [2.45, 2.75) is 6.92 Å². The molecule has 0 saturated heterocycles. The Hall–Kier alpha value is -2.03. The highest BCUT2D eigenvalue weighted by Crippen LogP contribution is 2.21. The van der Waals surface area contributed by atoms with Gasteiger partial charge < -0.3 is 4.42 Å². The summed E-state index contributed by atoms with van der Waals surface area (Å²) in [6, 6.07) is 9.88. The Kier molecular flexibility index (Phi) is 1.65. The van der Waals surface area contributed by atoms with E-state index in [4.69, 9.17) is 4.42 Å². The normalized spacial score (nSPS) is 11.0. The molecule has 0 atom stereocenters. The average molecular weight is 198 g/mol. The fraction of sp³-hybridized carbons (Fsp3) is 0.0833. The lowest BCUT2D eigenvalue weighted by Crippen LogP contribution is -1.86. The van der Waals surface area contributed by atoms with Gasteiger partial charge in [-0.1, -0.05) is 6.07 Å². The van der Waals surface area contributed by atoms with Gasteiger partial charge in [0.1, 0.15) is 5.76 Å². The predicted molar refractivity (Wildman–Crippen MR) is 57.6 cm³/mol. The molecule has 3 aromatic rings. The molecule has 0 spiro atoms. The molecule has 74 valence electrons. The van der Waals surface area contributed by atoms with Gasteiger partial charge in [0.05, 0.1) is 11.7 Å². The van der Waals surface area contributed by atoms with Gasteiger partial charge in [0, 0.05) is 6.20 Å². The Morgan fingerprint density at radius 1 is 1.20 bits per heavy atom. The third kappa shape index (κ3) is 1.24. The van der Waals surface area contributed by atoms with Crippen LogP contribution in [-0.4, -0.2) is 9.38 Å². The fourth-order valence-corrected chi connectivity index (χ4v) is 1.68. The summed E-state index contributed by atoms with van der Waals surface area (Å²) in [5, 5.41) is 0. The van der Waals surface area contributed by atoms with Crippen LogP contribution in [0.2, 0.25) is 0 Å². The first-order valence-corrected chi connectivity index (χ1v) is 4.83. The SMILES string of the molecule is Cc1ccc(-c2ncc3ccccn23)o1. The van der Waals surface area contributed by atoms with Crippen molar-refractivity contribution >= 4 is 5.52 Å². The smallest absolute Gasteiger partial charge is 0.180 e. The number of hydrogen-bond donors (Lipinski definition) is 0. The van der Waals surface area contributed by atoms with E-state index in [2.05, 4.69) is 4.98 Å². The minimum Gasteiger partial charge on any atom is -0.458 e. The van der Waals surface area contributed by atoms with E-state index in [-0.39, 0.29) is 0 Å². The molecule has 0 aliphatic carbocycles.